The van der Waals surface area contributed by atoms with Gasteiger partial charge in [-0.3, -0.25) is 4.79 Å². The Morgan fingerprint density at radius 1 is 0.750 bits per heavy atom. The van der Waals surface area contributed by atoms with Crippen LogP contribution in [0.25, 0.3) is 0 Å². The number of hydrogen-bond donors (Lipinski definition) is 1. The van der Waals surface area contributed by atoms with Crippen molar-refractivity contribution in [3.05, 3.63) is 142 Å². The lowest BCUT2D eigenvalue weighted by atomic mass is 9.72. The number of ether oxygens (including phenoxy) is 1. The van der Waals surface area contributed by atoms with Crippen LogP contribution in [0.2, 0.25) is 0 Å². The summed E-state index contributed by atoms with van der Waals surface area (Å²) in [6.07, 6.45) is 36.1. The summed E-state index contributed by atoms with van der Waals surface area (Å²) in [5.74, 6) is 0.269. The van der Waals surface area contributed by atoms with Gasteiger partial charge in [0.2, 0.25) is 0 Å². The van der Waals surface area contributed by atoms with Crippen LogP contribution in [-0.4, -0.2) is 29.7 Å². The molecule has 238 valence electrons. The van der Waals surface area contributed by atoms with Crippen molar-refractivity contribution in [1.82, 2.24) is 0 Å². The normalized spacial score (nSPS) is 19.5. The number of allylic oxidation sites excluding steroid dienone is 23. The quantitative estimate of drug-likeness (QED) is 0.203. The zero-order chi connectivity index (χ0) is 33.3. The summed E-state index contributed by atoms with van der Waals surface area (Å²) < 4.78 is 5.34. The second-order valence-corrected chi connectivity index (χ2v) is 12.9. The van der Waals surface area contributed by atoms with Crippen LogP contribution in [0.4, 0.5) is 0 Å². The first kappa shape index (κ1) is 38.5. The SMILES string of the molecule is COC(/C=C/C(C)=C/C=C/C(C)=C/C=C/C(C)=C/C=C/C=C(C)/C=C/C=C(C)/C=C/C1=C(C)C(=O)CCC1(C)C)C(C)(C)O. The number of methoxy groups -OCH3 is 1. The van der Waals surface area contributed by atoms with Gasteiger partial charge in [0.25, 0.3) is 0 Å². The predicted molar refractivity (Wildman–Crippen MR) is 191 cm³/mol. The molecular formula is C41H56O3. The molecule has 3 nitrogen and oxygen atoms in total. The first-order valence-electron chi connectivity index (χ1n) is 15.5. The predicted octanol–water partition coefficient (Wildman–Crippen LogP) is 10.5. The third-order valence-electron chi connectivity index (χ3n) is 7.51. The maximum absolute atomic E-state index is 12.2. The molecule has 0 spiro atoms. The standard InChI is InChI=1S/C41H56O3/c1-31(19-14-21-33(3)22-16-24-35(5)26-28-39(44-11)41(9,10)43)17-12-13-18-32(2)20-15-23-34(4)25-27-37-36(6)38(42)29-30-40(37,7)8/h12-28,39,43H,29-30H2,1-11H3/b13-12+,19-14+,20-15+,22-16+,27-25+,28-26+,31-17+,32-18+,33-21+,34-23+,35-24+. The lowest BCUT2D eigenvalue weighted by Crippen LogP contribution is -2.35. The van der Waals surface area contributed by atoms with Crippen LogP contribution in [0.5, 0.6) is 0 Å². The minimum atomic E-state index is -0.923. The summed E-state index contributed by atoms with van der Waals surface area (Å²) >= 11 is 0. The molecule has 0 amide bonds. The molecule has 1 N–H and O–H groups in total. The lowest BCUT2D eigenvalue weighted by molar-refractivity contribution is -0.116. The molecule has 0 saturated heterocycles. The van der Waals surface area contributed by atoms with Crippen molar-refractivity contribution in [1.29, 1.82) is 0 Å². The highest BCUT2D eigenvalue weighted by atomic mass is 16.5. The lowest BCUT2D eigenvalue weighted by Gasteiger charge is -2.32. The van der Waals surface area contributed by atoms with Crippen molar-refractivity contribution < 1.29 is 14.6 Å². The summed E-state index contributed by atoms with van der Waals surface area (Å²) in [4.78, 5) is 12.2. The van der Waals surface area contributed by atoms with Gasteiger partial charge in [-0.15, -0.1) is 0 Å². The zero-order valence-electron chi connectivity index (χ0n) is 29.1. The molecule has 0 fully saturated rings. The van der Waals surface area contributed by atoms with Gasteiger partial charge in [-0.25, -0.2) is 0 Å². The van der Waals surface area contributed by atoms with Gasteiger partial charge < -0.3 is 9.84 Å². The van der Waals surface area contributed by atoms with Gasteiger partial charge >= 0.3 is 0 Å². The van der Waals surface area contributed by atoms with Crippen molar-refractivity contribution >= 4 is 5.78 Å². The summed E-state index contributed by atoms with van der Waals surface area (Å²) in [7, 11) is 1.60. The van der Waals surface area contributed by atoms with Crippen LogP contribution in [0, 0.1) is 5.41 Å². The summed E-state index contributed by atoms with van der Waals surface area (Å²) in [6.45, 7) is 20.2. The van der Waals surface area contributed by atoms with Gasteiger partial charge in [-0.2, -0.15) is 0 Å². The van der Waals surface area contributed by atoms with E-state index < -0.39 is 5.60 Å². The van der Waals surface area contributed by atoms with Crippen LogP contribution in [0.1, 0.15) is 82.1 Å². The molecule has 0 aromatic rings. The molecule has 0 aliphatic heterocycles. The second kappa shape index (κ2) is 19.0. The van der Waals surface area contributed by atoms with Gasteiger partial charge in [-0.1, -0.05) is 145 Å². The fourth-order valence-electron chi connectivity index (χ4n) is 4.56. The Morgan fingerprint density at radius 3 is 1.59 bits per heavy atom. The van der Waals surface area contributed by atoms with E-state index in [0.717, 1.165) is 45.4 Å². The molecular weight excluding hydrogens is 540 g/mol. The van der Waals surface area contributed by atoms with E-state index in [-0.39, 0.29) is 17.3 Å². The number of Topliss-reactive ketones (excluding diaryl/α,β-unsaturated/α-hetero) is 1. The van der Waals surface area contributed by atoms with Crippen LogP contribution >= 0.6 is 0 Å². The zero-order valence-corrected chi connectivity index (χ0v) is 29.1. The smallest absolute Gasteiger partial charge is 0.158 e. The minimum absolute atomic E-state index is 0.0384. The average molecular weight is 597 g/mol. The molecule has 1 rings (SSSR count). The van der Waals surface area contributed by atoms with Crippen LogP contribution in [0.3, 0.4) is 0 Å². The molecule has 1 aliphatic carbocycles. The third kappa shape index (κ3) is 15.3. The maximum Gasteiger partial charge on any atom is 0.158 e. The van der Waals surface area contributed by atoms with E-state index >= 15 is 0 Å². The average Bonchev–Trinajstić information content (AvgIpc) is 2.93. The Balaban J connectivity index is 2.66. The number of aliphatic hydroxyl groups is 1. The summed E-state index contributed by atoms with van der Waals surface area (Å²) in [5, 5.41) is 10.1. The Hall–Kier alpha value is -3.53. The molecule has 1 atom stereocenters. The van der Waals surface area contributed by atoms with Crippen LogP contribution in [-0.2, 0) is 9.53 Å². The number of rotatable bonds is 14. The van der Waals surface area contributed by atoms with E-state index in [1.54, 1.807) is 21.0 Å². The fourth-order valence-corrected chi connectivity index (χ4v) is 4.56. The Morgan fingerprint density at radius 2 is 1.16 bits per heavy atom. The molecule has 1 aliphatic rings. The van der Waals surface area contributed by atoms with Crippen molar-refractivity contribution in [2.24, 2.45) is 5.41 Å². The number of carbonyl (C=O) groups is 1. The molecule has 44 heavy (non-hydrogen) atoms. The Bertz CT molecular complexity index is 1350. The van der Waals surface area contributed by atoms with Crippen molar-refractivity contribution in [2.75, 3.05) is 7.11 Å². The van der Waals surface area contributed by atoms with Gasteiger partial charge in [0.1, 0.15) is 6.10 Å². The number of ketones is 1. The van der Waals surface area contributed by atoms with E-state index in [1.807, 2.05) is 50.3 Å². The fraction of sp³-hybridized carbons (Fsp3) is 0.390. The van der Waals surface area contributed by atoms with E-state index in [9.17, 15) is 9.90 Å². The van der Waals surface area contributed by atoms with Crippen LogP contribution < -0.4 is 0 Å². The highest BCUT2D eigenvalue weighted by Gasteiger charge is 2.30. The molecule has 0 bridgehead atoms. The van der Waals surface area contributed by atoms with E-state index in [4.69, 9.17) is 4.74 Å². The van der Waals surface area contributed by atoms with E-state index in [0.29, 0.717) is 6.42 Å². The number of carbonyl (C=O) groups excluding carboxylic acids is 1. The van der Waals surface area contributed by atoms with E-state index in [1.165, 1.54) is 0 Å². The Kier molecular flexibility index (Phi) is 16.6. The molecule has 3 heteroatoms. The summed E-state index contributed by atoms with van der Waals surface area (Å²) in [5.41, 5.74) is 6.86. The first-order valence-corrected chi connectivity index (χ1v) is 15.5. The molecule has 0 heterocycles. The van der Waals surface area contributed by atoms with Crippen molar-refractivity contribution in [3.63, 3.8) is 0 Å². The first-order chi connectivity index (χ1) is 20.6. The second-order valence-electron chi connectivity index (χ2n) is 12.9. The summed E-state index contributed by atoms with van der Waals surface area (Å²) in [6, 6.07) is 0. The van der Waals surface area contributed by atoms with Gasteiger partial charge in [0.05, 0.1) is 5.60 Å². The third-order valence-corrected chi connectivity index (χ3v) is 7.51. The molecule has 0 radical (unpaired) electrons. The highest BCUT2D eigenvalue weighted by molar-refractivity contribution is 5.97. The monoisotopic (exact) mass is 596 g/mol. The van der Waals surface area contributed by atoms with Crippen molar-refractivity contribution in [3.8, 4) is 0 Å². The highest BCUT2D eigenvalue weighted by Crippen LogP contribution is 2.39. The van der Waals surface area contributed by atoms with Crippen molar-refractivity contribution in [2.45, 2.75) is 93.8 Å². The van der Waals surface area contributed by atoms with Gasteiger partial charge in [0.15, 0.2) is 5.78 Å². The number of hydrogen-bond acceptors (Lipinski definition) is 3. The largest absolute Gasteiger partial charge is 0.387 e. The molecule has 0 aromatic carbocycles. The van der Waals surface area contributed by atoms with Gasteiger partial charge in [-0.05, 0) is 78.4 Å². The van der Waals surface area contributed by atoms with E-state index in [2.05, 4.69) is 108 Å². The topological polar surface area (TPSA) is 46.5 Å². The Labute approximate surface area is 268 Å². The molecule has 1 unspecified atom stereocenters. The van der Waals surface area contributed by atoms with Gasteiger partial charge in [0, 0.05) is 13.5 Å². The minimum Gasteiger partial charge on any atom is -0.387 e. The maximum atomic E-state index is 12.2. The molecule has 0 saturated carbocycles. The molecule has 0 aromatic heterocycles. The van der Waals surface area contributed by atoms with Crippen LogP contribution in [0.15, 0.2) is 142 Å².